The number of nitriles is 1. The summed E-state index contributed by atoms with van der Waals surface area (Å²) in [5.41, 5.74) is 0.629. The van der Waals surface area contributed by atoms with Gasteiger partial charge in [-0.3, -0.25) is 0 Å². The lowest BCUT2D eigenvalue weighted by Gasteiger charge is -2.04. The van der Waals surface area contributed by atoms with E-state index in [1.54, 1.807) is 25.4 Å². The third-order valence-corrected chi connectivity index (χ3v) is 1.97. The van der Waals surface area contributed by atoms with Crippen LogP contribution in [0.25, 0.3) is 0 Å². The van der Waals surface area contributed by atoms with Crippen molar-refractivity contribution in [3.63, 3.8) is 0 Å². The molecule has 0 unspecified atom stereocenters. The number of nitrogens with one attached hydrogen (secondary N) is 1. The van der Waals surface area contributed by atoms with Crippen molar-refractivity contribution < 1.29 is 4.74 Å². The van der Waals surface area contributed by atoms with Crippen LogP contribution in [0.5, 0.6) is 0 Å². The van der Waals surface area contributed by atoms with Gasteiger partial charge in [0.1, 0.15) is 5.82 Å². The van der Waals surface area contributed by atoms with Crippen molar-refractivity contribution in [3.05, 3.63) is 23.9 Å². The van der Waals surface area contributed by atoms with Crippen LogP contribution in [0.2, 0.25) is 0 Å². The van der Waals surface area contributed by atoms with E-state index in [-0.39, 0.29) is 0 Å². The summed E-state index contributed by atoms with van der Waals surface area (Å²) in [6.45, 7) is 1.64. The molecule has 1 N–H and O–H groups in total. The smallest absolute Gasteiger partial charge is 0.127 e. The molecule has 1 aromatic rings. The van der Waals surface area contributed by atoms with E-state index in [1.807, 2.05) is 0 Å². The highest BCUT2D eigenvalue weighted by Gasteiger charge is 1.95. The van der Waals surface area contributed by atoms with Crippen LogP contribution < -0.4 is 5.32 Å². The fraction of sp³-hybridized carbons (Fsp3) is 0.455. The predicted molar refractivity (Wildman–Crippen MR) is 58.6 cm³/mol. The molecule has 0 aliphatic heterocycles. The lowest BCUT2D eigenvalue weighted by atomic mass is 10.3. The quantitative estimate of drug-likeness (QED) is 0.719. The molecule has 4 nitrogen and oxygen atoms in total. The summed E-state index contributed by atoms with van der Waals surface area (Å²) in [5.74, 6) is 0.756. The van der Waals surface area contributed by atoms with Gasteiger partial charge in [-0.05, 0) is 25.0 Å². The minimum Gasteiger partial charge on any atom is -0.385 e. The van der Waals surface area contributed by atoms with Gasteiger partial charge in [0.2, 0.25) is 0 Å². The molecule has 0 spiro atoms. The second kappa shape index (κ2) is 6.80. The molecule has 0 amide bonds. The average molecular weight is 205 g/mol. The van der Waals surface area contributed by atoms with E-state index in [9.17, 15) is 0 Å². The van der Waals surface area contributed by atoms with Gasteiger partial charge in [-0.2, -0.15) is 5.26 Å². The Balaban J connectivity index is 2.28. The SMILES string of the molecule is COCCCCNc1cc(C#N)ccn1. The number of pyridine rings is 1. The Bertz CT molecular complexity index is 333. The number of ether oxygens (including phenoxy) is 1. The van der Waals surface area contributed by atoms with Gasteiger partial charge in [0.25, 0.3) is 0 Å². The molecule has 80 valence electrons. The Labute approximate surface area is 89.9 Å². The van der Waals surface area contributed by atoms with Crippen molar-refractivity contribution in [1.29, 1.82) is 5.26 Å². The number of unbranched alkanes of at least 4 members (excludes halogenated alkanes) is 1. The maximum atomic E-state index is 8.68. The molecule has 1 rings (SSSR count). The van der Waals surface area contributed by atoms with Crippen molar-refractivity contribution in [3.8, 4) is 6.07 Å². The highest BCUT2D eigenvalue weighted by Crippen LogP contribution is 2.05. The number of methoxy groups -OCH3 is 1. The summed E-state index contributed by atoms with van der Waals surface area (Å²) in [6.07, 6.45) is 3.70. The standard InChI is InChI=1S/C11H15N3O/c1-15-7-3-2-5-13-11-8-10(9-12)4-6-14-11/h4,6,8H,2-3,5,7H2,1H3,(H,13,14). The van der Waals surface area contributed by atoms with E-state index >= 15 is 0 Å². The zero-order valence-electron chi connectivity index (χ0n) is 8.86. The Morgan fingerprint density at radius 3 is 3.13 bits per heavy atom. The van der Waals surface area contributed by atoms with Gasteiger partial charge in [-0.1, -0.05) is 0 Å². The molecule has 15 heavy (non-hydrogen) atoms. The summed E-state index contributed by atoms with van der Waals surface area (Å²) in [7, 11) is 1.70. The first-order valence-electron chi connectivity index (χ1n) is 4.96. The number of nitrogens with zero attached hydrogens (tertiary/aromatic N) is 2. The van der Waals surface area contributed by atoms with Crippen molar-refractivity contribution in [2.24, 2.45) is 0 Å². The highest BCUT2D eigenvalue weighted by atomic mass is 16.5. The zero-order valence-corrected chi connectivity index (χ0v) is 8.86. The lowest BCUT2D eigenvalue weighted by molar-refractivity contribution is 0.194. The Morgan fingerprint density at radius 1 is 1.53 bits per heavy atom. The lowest BCUT2D eigenvalue weighted by Crippen LogP contribution is -2.04. The minimum atomic E-state index is 0.629. The predicted octanol–water partition coefficient (Wildman–Crippen LogP) is 1.79. The van der Waals surface area contributed by atoms with E-state index in [0.717, 1.165) is 31.8 Å². The molecule has 0 bridgehead atoms. The van der Waals surface area contributed by atoms with Crippen molar-refractivity contribution in [2.75, 3.05) is 25.6 Å². The Hall–Kier alpha value is -1.60. The molecule has 0 fully saturated rings. The van der Waals surface area contributed by atoms with Crippen LogP contribution in [-0.4, -0.2) is 25.2 Å². The second-order valence-corrected chi connectivity index (χ2v) is 3.17. The van der Waals surface area contributed by atoms with Crippen LogP contribution >= 0.6 is 0 Å². The average Bonchev–Trinajstić information content (AvgIpc) is 2.29. The monoisotopic (exact) mass is 205 g/mol. The van der Waals surface area contributed by atoms with E-state index in [1.165, 1.54) is 0 Å². The van der Waals surface area contributed by atoms with Crippen LogP contribution in [0.4, 0.5) is 5.82 Å². The largest absolute Gasteiger partial charge is 0.385 e. The van der Waals surface area contributed by atoms with E-state index in [2.05, 4.69) is 16.4 Å². The molecule has 1 aromatic heterocycles. The number of aromatic nitrogens is 1. The molecule has 0 radical (unpaired) electrons. The van der Waals surface area contributed by atoms with Crippen LogP contribution in [-0.2, 0) is 4.74 Å². The molecular formula is C11H15N3O. The fourth-order valence-electron chi connectivity index (χ4n) is 1.18. The Morgan fingerprint density at radius 2 is 2.40 bits per heavy atom. The molecule has 4 heteroatoms. The van der Waals surface area contributed by atoms with Gasteiger partial charge >= 0.3 is 0 Å². The molecule has 0 aliphatic carbocycles. The summed E-state index contributed by atoms with van der Waals surface area (Å²) in [5, 5.41) is 11.8. The number of hydrogen-bond acceptors (Lipinski definition) is 4. The van der Waals surface area contributed by atoms with Crippen molar-refractivity contribution >= 4 is 5.82 Å². The van der Waals surface area contributed by atoms with Crippen LogP contribution in [0, 0.1) is 11.3 Å². The molecule has 0 aliphatic rings. The van der Waals surface area contributed by atoms with E-state index in [0.29, 0.717) is 5.56 Å². The maximum Gasteiger partial charge on any atom is 0.127 e. The summed E-state index contributed by atoms with van der Waals surface area (Å²) in [4.78, 5) is 4.11. The van der Waals surface area contributed by atoms with E-state index in [4.69, 9.17) is 10.00 Å². The zero-order chi connectivity index (χ0) is 10.9. The van der Waals surface area contributed by atoms with Crippen molar-refractivity contribution in [1.82, 2.24) is 4.98 Å². The first-order chi connectivity index (χ1) is 7.36. The number of hydrogen-bond donors (Lipinski definition) is 1. The van der Waals surface area contributed by atoms with Gasteiger partial charge in [0.15, 0.2) is 0 Å². The molecule has 1 heterocycles. The third kappa shape index (κ3) is 4.43. The van der Waals surface area contributed by atoms with Crippen molar-refractivity contribution in [2.45, 2.75) is 12.8 Å². The molecule has 0 saturated heterocycles. The van der Waals surface area contributed by atoms with E-state index < -0.39 is 0 Å². The maximum absolute atomic E-state index is 8.68. The van der Waals surface area contributed by atoms with Gasteiger partial charge in [-0.15, -0.1) is 0 Å². The highest BCUT2D eigenvalue weighted by molar-refractivity contribution is 5.42. The van der Waals surface area contributed by atoms with Crippen LogP contribution in [0.3, 0.4) is 0 Å². The minimum absolute atomic E-state index is 0.629. The van der Waals surface area contributed by atoms with Gasteiger partial charge in [-0.25, -0.2) is 4.98 Å². The van der Waals surface area contributed by atoms with Crippen LogP contribution in [0.1, 0.15) is 18.4 Å². The normalized spacial score (nSPS) is 9.60. The first kappa shape index (κ1) is 11.5. The first-order valence-corrected chi connectivity index (χ1v) is 4.96. The Kier molecular flexibility index (Phi) is 5.20. The second-order valence-electron chi connectivity index (χ2n) is 3.17. The molecular weight excluding hydrogens is 190 g/mol. The third-order valence-electron chi connectivity index (χ3n) is 1.97. The van der Waals surface area contributed by atoms with Crippen LogP contribution in [0.15, 0.2) is 18.3 Å². The topological polar surface area (TPSA) is 57.9 Å². The fourth-order valence-corrected chi connectivity index (χ4v) is 1.18. The summed E-state index contributed by atoms with van der Waals surface area (Å²) in [6, 6.07) is 5.51. The molecule has 0 atom stereocenters. The number of rotatable bonds is 6. The summed E-state index contributed by atoms with van der Waals surface area (Å²) >= 11 is 0. The van der Waals surface area contributed by atoms with Gasteiger partial charge < -0.3 is 10.1 Å². The van der Waals surface area contributed by atoms with Gasteiger partial charge in [0, 0.05) is 26.5 Å². The summed E-state index contributed by atoms with van der Waals surface area (Å²) < 4.78 is 4.94. The molecule has 0 aromatic carbocycles. The number of anilines is 1. The van der Waals surface area contributed by atoms with Gasteiger partial charge in [0.05, 0.1) is 11.6 Å². The molecule has 0 saturated carbocycles.